The van der Waals surface area contributed by atoms with Crippen molar-refractivity contribution in [2.45, 2.75) is 18.7 Å². The molecule has 2 aromatic carbocycles. The fourth-order valence-corrected chi connectivity index (χ4v) is 5.13. The number of benzene rings is 2. The average molecular weight is 413 g/mol. The van der Waals surface area contributed by atoms with Gasteiger partial charge in [0.05, 0.1) is 17.5 Å². The predicted octanol–water partition coefficient (Wildman–Crippen LogP) is 1.87. The lowest BCUT2D eigenvalue weighted by atomic mass is 10.2. The maximum atomic E-state index is 12.8. The molecule has 2 heterocycles. The van der Waals surface area contributed by atoms with Gasteiger partial charge in [-0.1, -0.05) is 48.5 Å². The zero-order valence-electron chi connectivity index (χ0n) is 16.3. The summed E-state index contributed by atoms with van der Waals surface area (Å²) in [5.41, 5.74) is 1.72. The second-order valence-corrected chi connectivity index (χ2v) is 9.11. The summed E-state index contributed by atoms with van der Waals surface area (Å²) in [6.07, 6.45) is 0. The topological polar surface area (TPSA) is 84.2 Å². The van der Waals surface area contributed by atoms with Crippen LogP contribution in [0.5, 0.6) is 0 Å². The van der Waals surface area contributed by atoms with E-state index in [4.69, 9.17) is 0 Å². The van der Waals surface area contributed by atoms with Crippen LogP contribution in [0.1, 0.15) is 24.4 Å². The molecule has 8 nitrogen and oxygen atoms in total. The Balaban J connectivity index is 1.42. The van der Waals surface area contributed by atoms with Gasteiger partial charge in [0.15, 0.2) is 5.82 Å². The smallest absolute Gasteiger partial charge is 0.218 e. The fourth-order valence-electron chi connectivity index (χ4n) is 3.62. The number of piperazine rings is 1. The molecule has 4 rings (SSSR count). The summed E-state index contributed by atoms with van der Waals surface area (Å²) in [5.74, 6) is 0.784. The van der Waals surface area contributed by atoms with Crippen LogP contribution in [0.2, 0.25) is 0 Å². The number of nitrogens with zero attached hydrogens (tertiary/aromatic N) is 6. The standard InChI is InChI=1S/C20H24N6O2S/c1-17(20-21-22-23-26(20)19-10-6-3-7-11-19)24-12-14-25(15-13-24)29(27,28)16-18-8-4-2-5-9-18/h2-11,17H,12-16H2,1H3. The van der Waals surface area contributed by atoms with Crippen molar-refractivity contribution in [3.05, 3.63) is 72.1 Å². The van der Waals surface area contributed by atoms with E-state index < -0.39 is 10.0 Å². The molecule has 1 aromatic heterocycles. The molecule has 0 bridgehead atoms. The van der Waals surface area contributed by atoms with Crippen LogP contribution in [0.15, 0.2) is 60.7 Å². The van der Waals surface area contributed by atoms with Gasteiger partial charge in [-0.05, 0) is 35.0 Å². The third-order valence-corrected chi connectivity index (χ3v) is 7.12. The van der Waals surface area contributed by atoms with Crippen LogP contribution in [0.25, 0.3) is 5.69 Å². The summed E-state index contributed by atoms with van der Waals surface area (Å²) in [4.78, 5) is 2.22. The second-order valence-electron chi connectivity index (χ2n) is 7.14. The van der Waals surface area contributed by atoms with Crippen LogP contribution < -0.4 is 0 Å². The minimum Gasteiger partial charge on any atom is -0.291 e. The van der Waals surface area contributed by atoms with E-state index in [-0.39, 0.29) is 11.8 Å². The Kier molecular flexibility index (Phi) is 5.70. The lowest BCUT2D eigenvalue weighted by Crippen LogP contribution is -2.49. The van der Waals surface area contributed by atoms with Crippen molar-refractivity contribution < 1.29 is 8.42 Å². The fraction of sp³-hybridized carbons (Fsp3) is 0.350. The molecule has 0 amide bonds. The Morgan fingerprint density at radius 2 is 1.55 bits per heavy atom. The molecular formula is C20H24N6O2S. The molecule has 0 aliphatic carbocycles. The quantitative estimate of drug-likeness (QED) is 0.615. The molecule has 0 N–H and O–H groups in total. The Morgan fingerprint density at radius 1 is 0.931 bits per heavy atom. The summed E-state index contributed by atoms with van der Waals surface area (Å²) in [6, 6.07) is 19.0. The van der Waals surface area contributed by atoms with Crippen molar-refractivity contribution in [2.24, 2.45) is 0 Å². The third kappa shape index (κ3) is 4.36. The predicted molar refractivity (Wildman–Crippen MR) is 110 cm³/mol. The van der Waals surface area contributed by atoms with Crippen molar-refractivity contribution >= 4 is 10.0 Å². The largest absolute Gasteiger partial charge is 0.291 e. The number of sulfonamides is 1. The van der Waals surface area contributed by atoms with Gasteiger partial charge in [0.25, 0.3) is 0 Å². The molecular weight excluding hydrogens is 388 g/mol. The number of rotatable bonds is 6. The van der Waals surface area contributed by atoms with E-state index >= 15 is 0 Å². The maximum Gasteiger partial charge on any atom is 0.218 e. The monoisotopic (exact) mass is 412 g/mol. The Bertz CT molecular complexity index is 1030. The SMILES string of the molecule is CC(c1nnnn1-c1ccccc1)N1CCN(S(=O)(=O)Cc2ccccc2)CC1. The summed E-state index contributed by atoms with van der Waals surface area (Å²) in [5, 5.41) is 12.2. The van der Waals surface area contributed by atoms with E-state index in [1.807, 2.05) is 60.7 Å². The van der Waals surface area contributed by atoms with E-state index in [1.165, 1.54) is 0 Å². The Labute approximate surface area is 170 Å². The van der Waals surface area contributed by atoms with Crippen LogP contribution in [-0.2, 0) is 15.8 Å². The van der Waals surface area contributed by atoms with Gasteiger partial charge in [0.1, 0.15) is 0 Å². The van der Waals surface area contributed by atoms with Gasteiger partial charge in [-0.3, -0.25) is 4.90 Å². The number of hydrogen-bond donors (Lipinski definition) is 0. The van der Waals surface area contributed by atoms with E-state index in [9.17, 15) is 8.42 Å². The minimum absolute atomic E-state index is 0.0239. The molecule has 1 saturated heterocycles. The van der Waals surface area contributed by atoms with Crippen LogP contribution in [0.4, 0.5) is 0 Å². The van der Waals surface area contributed by atoms with Gasteiger partial charge < -0.3 is 0 Å². The molecule has 1 fully saturated rings. The van der Waals surface area contributed by atoms with Crippen molar-refractivity contribution in [1.82, 2.24) is 29.4 Å². The molecule has 0 radical (unpaired) electrons. The first-order valence-electron chi connectivity index (χ1n) is 9.64. The van der Waals surface area contributed by atoms with Crippen LogP contribution in [0.3, 0.4) is 0 Å². The highest BCUT2D eigenvalue weighted by atomic mass is 32.2. The zero-order chi connectivity index (χ0) is 20.3. The Morgan fingerprint density at radius 3 is 2.21 bits per heavy atom. The molecule has 152 valence electrons. The summed E-state index contributed by atoms with van der Waals surface area (Å²) < 4.78 is 28.9. The van der Waals surface area contributed by atoms with Gasteiger partial charge >= 0.3 is 0 Å². The third-order valence-electron chi connectivity index (χ3n) is 5.27. The molecule has 0 spiro atoms. The van der Waals surface area contributed by atoms with E-state index in [0.717, 1.165) is 17.1 Å². The number of tetrazole rings is 1. The highest BCUT2D eigenvalue weighted by molar-refractivity contribution is 7.88. The van der Waals surface area contributed by atoms with Crippen molar-refractivity contribution in [2.75, 3.05) is 26.2 Å². The first-order chi connectivity index (χ1) is 14.0. The van der Waals surface area contributed by atoms with Gasteiger partial charge in [0, 0.05) is 26.2 Å². The summed E-state index contributed by atoms with van der Waals surface area (Å²) in [7, 11) is -3.33. The number of aromatic nitrogens is 4. The second kappa shape index (κ2) is 8.40. The zero-order valence-corrected chi connectivity index (χ0v) is 17.1. The molecule has 1 atom stereocenters. The molecule has 1 aliphatic heterocycles. The Hall–Kier alpha value is -2.62. The normalized spacial score (nSPS) is 17.3. The highest BCUT2D eigenvalue weighted by Gasteiger charge is 2.31. The average Bonchev–Trinajstić information content (AvgIpc) is 3.24. The first kappa shape index (κ1) is 19.7. The van der Waals surface area contributed by atoms with Crippen molar-refractivity contribution in [3.63, 3.8) is 0 Å². The molecule has 9 heteroatoms. The lowest BCUT2D eigenvalue weighted by Gasteiger charge is -2.36. The van der Waals surface area contributed by atoms with Crippen LogP contribution in [0, 0.1) is 0 Å². The maximum absolute atomic E-state index is 12.8. The molecule has 0 saturated carbocycles. The van der Waals surface area contributed by atoms with Crippen molar-refractivity contribution in [3.8, 4) is 5.69 Å². The molecule has 1 aliphatic rings. The van der Waals surface area contributed by atoms with E-state index in [2.05, 4.69) is 27.3 Å². The van der Waals surface area contributed by atoms with Gasteiger partial charge in [0.2, 0.25) is 10.0 Å². The number of para-hydroxylation sites is 1. The van der Waals surface area contributed by atoms with Gasteiger partial charge in [-0.2, -0.15) is 8.99 Å². The lowest BCUT2D eigenvalue weighted by molar-refractivity contribution is 0.139. The minimum atomic E-state index is -3.33. The van der Waals surface area contributed by atoms with Crippen LogP contribution in [-0.4, -0.2) is 64.0 Å². The van der Waals surface area contributed by atoms with Crippen LogP contribution >= 0.6 is 0 Å². The molecule has 29 heavy (non-hydrogen) atoms. The van der Waals surface area contributed by atoms with E-state index in [0.29, 0.717) is 26.2 Å². The summed E-state index contributed by atoms with van der Waals surface area (Å²) >= 11 is 0. The van der Waals surface area contributed by atoms with Gasteiger partial charge in [-0.15, -0.1) is 5.10 Å². The van der Waals surface area contributed by atoms with Gasteiger partial charge in [-0.25, -0.2) is 8.42 Å². The highest BCUT2D eigenvalue weighted by Crippen LogP contribution is 2.23. The van der Waals surface area contributed by atoms with E-state index in [1.54, 1.807) is 8.99 Å². The molecule has 3 aromatic rings. The summed E-state index contributed by atoms with van der Waals surface area (Å²) in [6.45, 7) is 4.26. The number of hydrogen-bond acceptors (Lipinski definition) is 6. The van der Waals surface area contributed by atoms with Crippen molar-refractivity contribution in [1.29, 1.82) is 0 Å². The first-order valence-corrected chi connectivity index (χ1v) is 11.2. The molecule has 1 unspecified atom stereocenters.